The first-order valence-corrected chi connectivity index (χ1v) is 11.4. The van der Waals surface area contributed by atoms with E-state index in [1.165, 1.54) is 16.4 Å². The minimum absolute atomic E-state index is 0.163. The Hall–Kier alpha value is -3.98. The molecule has 0 aliphatic heterocycles. The number of thioether (sulfide) groups is 1. The van der Waals surface area contributed by atoms with Crippen molar-refractivity contribution in [1.82, 2.24) is 14.9 Å². The predicted octanol–water partition coefficient (Wildman–Crippen LogP) is 4.46. The van der Waals surface area contributed by atoms with Gasteiger partial charge in [0.15, 0.2) is 17.3 Å². The molecule has 0 spiro atoms. The fourth-order valence-corrected chi connectivity index (χ4v) is 4.21. The van der Waals surface area contributed by atoms with Gasteiger partial charge in [0, 0.05) is 16.8 Å². The normalized spacial score (nSPS) is 11.6. The van der Waals surface area contributed by atoms with E-state index in [4.69, 9.17) is 15.3 Å². The predicted molar refractivity (Wildman–Crippen MR) is 135 cm³/mol. The highest BCUT2D eigenvalue weighted by atomic mass is 32.2. The maximum atomic E-state index is 13.0. The Bertz CT molecular complexity index is 1290. The zero-order valence-electron chi connectivity index (χ0n) is 19.1. The van der Waals surface area contributed by atoms with E-state index in [1.54, 1.807) is 33.3 Å². The van der Waals surface area contributed by atoms with Gasteiger partial charge in [-0.2, -0.15) is 0 Å². The second kappa shape index (κ2) is 10.3. The lowest BCUT2D eigenvalue weighted by atomic mass is 10.0. The third kappa shape index (κ3) is 4.84. The van der Waals surface area contributed by atoms with Gasteiger partial charge in [-0.3, -0.25) is 4.79 Å². The number of nitrogens with two attached hydrogens (primary N) is 1. The van der Waals surface area contributed by atoms with Crippen LogP contribution in [0.15, 0.2) is 78.0 Å². The van der Waals surface area contributed by atoms with Crippen LogP contribution in [0.5, 0.6) is 11.5 Å². The number of hydrogen-bond donors (Lipinski definition) is 2. The first-order valence-electron chi connectivity index (χ1n) is 10.6. The zero-order chi connectivity index (χ0) is 24.1. The van der Waals surface area contributed by atoms with Crippen LogP contribution in [-0.4, -0.2) is 40.3 Å². The van der Waals surface area contributed by atoms with Crippen LogP contribution in [0.3, 0.4) is 0 Å². The topological polar surface area (TPSA) is 104 Å². The molecule has 0 bridgehead atoms. The van der Waals surface area contributed by atoms with E-state index in [-0.39, 0.29) is 5.91 Å². The largest absolute Gasteiger partial charge is 0.493 e. The summed E-state index contributed by atoms with van der Waals surface area (Å²) in [5, 5.41) is 11.4. The highest BCUT2D eigenvalue weighted by Crippen LogP contribution is 2.33. The summed E-state index contributed by atoms with van der Waals surface area (Å²) in [5.41, 5.74) is 3.44. The first kappa shape index (κ1) is 23.2. The van der Waals surface area contributed by atoms with Crippen molar-refractivity contribution in [2.75, 3.05) is 25.4 Å². The Balaban J connectivity index is 1.50. The van der Waals surface area contributed by atoms with Crippen molar-refractivity contribution in [2.45, 2.75) is 17.3 Å². The number of para-hydroxylation sites is 1. The third-order valence-electron chi connectivity index (χ3n) is 5.23. The van der Waals surface area contributed by atoms with Gasteiger partial charge in [-0.1, -0.05) is 60.3 Å². The Morgan fingerprint density at radius 1 is 0.941 bits per heavy atom. The lowest BCUT2D eigenvalue weighted by Crippen LogP contribution is -2.24. The van der Waals surface area contributed by atoms with Crippen molar-refractivity contribution >= 4 is 23.4 Å². The van der Waals surface area contributed by atoms with E-state index < -0.39 is 5.25 Å². The van der Waals surface area contributed by atoms with E-state index in [2.05, 4.69) is 15.5 Å². The molecule has 1 heterocycles. The van der Waals surface area contributed by atoms with E-state index in [9.17, 15) is 4.79 Å². The van der Waals surface area contributed by atoms with Crippen molar-refractivity contribution in [1.29, 1.82) is 0 Å². The molecule has 0 radical (unpaired) electrons. The molecule has 0 aliphatic rings. The van der Waals surface area contributed by atoms with E-state index in [1.807, 2.05) is 60.7 Å². The van der Waals surface area contributed by atoms with Crippen LogP contribution in [-0.2, 0) is 4.79 Å². The molecule has 0 saturated heterocycles. The Kier molecular flexibility index (Phi) is 7.03. The van der Waals surface area contributed by atoms with Crippen LogP contribution in [0.2, 0.25) is 0 Å². The van der Waals surface area contributed by atoms with Crippen molar-refractivity contribution in [3.05, 3.63) is 72.8 Å². The minimum atomic E-state index is -0.464. The number of rotatable bonds is 8. The van der Waals surface area contributed by atoms with Crippen molar-refractivity contribution in [3.8, 4) is 34.0 Å². The number of nitrogen functional groups attached to an aromatic ring is 1. The van der Waals surface area contributed by atoms with Gasteiger partial charge in [0.25, 0.3) is 0 Å². The van der Waals surface area contributed by atoms with Gasteiger partial charge in [-0.05, 0) is 36.8 Å². The fraction of sp³-hybridized carbons (Fsp3) is 0.160. The number of ether oxygens (including phenoxy) is 2. The summed E-state index contributed by atoms with van der Waals surface area (Å²) in [4.78, 5) is 13.0. The number of nitrogens with zero attached hydrogens (tertiary/aromatic N) is 3. The average Bonchev–Trinajstić information content (AvgIpc) is 3.24. The molecule has 4 aromatic rings. The zero-order valence-corrected chi connectivity index (χ0v) is 19.9. The number of nitrogens with one attached hydrogen (secondary N) is 1. The summed E-state index contributed by atoms with van der Waals surface area (Å²) in [6, 6.07) is 23.0. The SMILES string of the molecule is COc1ccc(-c2nnc(SC(C)C(=O)Nc3ccccc3-c3ccccc3)n2N)cc1OC. The molecule has 0 fully saturated rings. The molecular formula is C25H25N5O3S. The van der Waals surface area contributed by atoms with Crippen LogP contribution in [0.1, 0.15) is 6.92 Å². The van der Waals surface area contributed by atoms with Gasteiger partial charge in [0.2, 0.25) is 11.1 Å². The lowest BCUT2D eigenvalue weighted by Gasteiger charge is -2.15. The van der Waals surface area contributed by atoms with Crippen molar-refractivity contribution < 1.29 is 14.3 Å². The number of anilines is 1. The fourth-order valence-electron chi connectivity index (χ4n) is 3.44. The molecular weight excluding hydrogens is 450 g/mol. The molecule has 0 saturated carbocycles. The number of carbonyl (C=O) groups is 1. The van der Waals surface area contributed by atoms with Crippen molar-refractivity contribution in [2.24, 2.45) is 0 Å². The van der Waals surface area contributed by atoms with E-state index in [0.717, 1.165) is 16.8 Å². The van der Waals surface area contributed by atoms with Crippen LogP contribution >= 0.6 is 11.8 Å². The maximum absolute atomic E-state index is 13.0. The lowest BCUT2D eigenvalue weighted by molar-refractivity contribution is -0.115. The highest BCUT2D eigenvalue weighted by molar-refractivity contribution is 8.00. The number of benzene rings is 3. The number of aromatic nitrogens is 3. The molecule has 9 heteroatoms. The Labute approximate surface area is 202 Å². The summed E-state index contributed by atoms with van der Waals surface area (Å²) in [5.74, 6) is 7.71. The number of carbonyl (C=O) groups excluding carboxylic acids is 1. The molecule has 1 atom stereocenters. The van der Waals surface area contributed by atoms with E-state index in [0.29, 0.717) is 28.0 Å². The molecule has 4 rings (SSSR count). The molecule has 174 valence electrons. The molecule has 1 aromatic heterocycles. The molecule has 1 amide bonds. The van der Waals surface area contributed by atoms with Gasteiger partial charge in [-0.15, -0.1) is 10.2 Å². The first-order chi connectivity index (χ1) is 16.5. The molecule has 1 unspecified atom stereocenters. The third-order valence-corrected chi connectivity index (χ3v) is 6.28. The summed E-state index contributed by atoms with van der Waals surface area (Å²) in [6.07, 6.45) is 0. The number of methoxy groups -OCH3 is 2. The summed E-state index contributed by atoms with van der Waals surface area (Å²) < 4.78 is 12.0. The van der Waals surface area contributed by atoms with Gasteiger partial charge in [0.05, 0.1) is 19.5 Å². The number of amides is 1. The van der Waals surface area contributed by atoms with E-state index >= 15 is 0 Å². The maximum Gasteiger partial charge on any atom is 0.237 e. The molecule has 3 N–H and O–H groups in total. The molecule has 8 nitrogen and oxygen atoms in total. The summed E-state index contributed by atoms with van der Waals surface area (Å²) >= 11 is 1.23. The monoisotopic (exact) mass is 475 g/mol. The second-order valence-electron chi connectivity index (χ2n) is 7.41. The van der Waals surface area contributed by atoms with Gasteiger partial charge < -0.3 is 20.6 Å². The van der Waals surface area contributed by atoms with Crippen LogP contribution in [0.4, 0.5) is 5.69 Å². The highest BCUT2D eigenvalue weighted by Gasteiger charge is 2.21. The molecule has 3 aromatic carbocycles. The van der Waals surface area contributed by atoms with Gasteiger partial charge in [0.1, 0.15) is 0 Å². The van der Waals surface area contributed by atoms with Gasteiger partial charge in [-0.25, -0.2) is 4.68 Å². The molecule has 34 heavy (non-hydrogen) atoms. The average molecular weight is 476 g/mol. The standard InChI is InChI=1S/C25H25N5O3S/c1-16(24(31)27-20-12-8-7-11-19(20)17-9-5-4-6-10-17)34-25-29-28-23(30(25)26)18-13-14-21(32-2)22(15-18)33-3/h4-16H,26H2,1-3H3,(H,27,31). The summed E-state index contributed by atoms with van der Waals surface area (Å²) in [6.45, 7) is 1.80. The minimum Gasteiger partial charge on any atom is -0.493 e. The van der Waals surface area contributed by atoms with Crippen LogP contribution in [0, 0.1) is 0 Å². The van der Waals surface area contributed by atoms with Crippen LogP contribution < -0.4 is 20.6 Å². The quantitative estimate of drug-likeness (QED) is 0.286. The second-order valence-corrected chi connectivity index (χ2v) is 8.71. The smallest absolute Gasteiger partial charge is 0.237 e. The van der Waals surface area contributed by atoms with Crippen molar-refractivity contribution in [3.63, 3.8) is 0 Å². The number of hydrogen-bond acceptors (Lipinski definition) is 7. The van der Waals surface area contributed by atoms with Gasteiger partial charge >= 0.3 is 0 Å². The van der Waals surface area contributed by atoms with Crippen LogP contribution in [0.25, 0.3) is 22.5 Å². The Morgan fingerprint density at radius 3 is 2.38 bits per heavy atom. The molecule has 0 aliphatic carbocycles. The Morgan fingerprint density at radius 2 is 1.65 bits per heavy atom. The summed E-state index contributed by atoms with van der Waals surface area (Å²) in [7, 11) is 3.13.